The van der Waals surface area contributed by atoms with E-state index in [4.69, 9.17) is 4.52 Å². The SMILES string of the molecule is Cc1cc(C2CCCN2Cc2cn[nH]c2-c2ccccc2)no1. The summed E-state index contributed by atoms with van der Waals surface area (Å²) >= 11 is 0. The highest BCUT2D eigenvalue weighted by Gasteiger charge is 2.29. The number of likely N-dealkylation sites (tertiary alicyclic amines) is 1. The normalized spacial score (nSPS) is 18.6. The number of benzene rings is 1. The molecule has 0 radical (unpaired) electrons. The molecule has 118 valence electrons. The van der Waals surface area contributed by atoms with Gasteiger partial charge in [0.15, 0.2) is 0 Å². The second-order valence-electron chi connectivity index (χ2n) is 6.13. The van der Waals surface area contributed by atoms with Gasteiger partial charge in [0.2, 0.25) is 0 Å². The molecule has 0 saturated carbocycles. The number of aryl methyl sites for hydroxylation is 1. The number of H-pyrrole nitrogens is 1. The number of rotatable bonds is 4. The van der Waals surface area contributed by atoms with Gasteiger partial charge in [0.1, 0.15) is 11.5 Å². The summed E-state index contributed by atoms with van der Waals surface area (Å²) in [7, 11) is 0. The topological polar surface area (TPSA) is 58.0 Å². The first-order valence-corrected chi connectivity index (χ1v) is 8.06. The zero-order valence-corrected chi connectivity index (χ0v) is 13.2. The first-order valence-electron chi connectivity index (χ1n) is 8.06. The van der Waals surface area contributed by atoms with Gasteiger partial charge in [0, 0.05) is 18.2 Å². The van der Waals surface area contributed by atoms with Gasteiger partial charge in [-0.3, -0.25) is 10.00 Å². The molecule has 1 aromatic carbocycles. The molecule has 1 N–H and O–H groups in total. The van der Waals surface area contributed by atoms with Crippen molar-refractivity contribution in [1.29, 1.82) is 0 Å². The Morgan fingerprint density at radius 2 is 2.17 bits per heavy atom. The highest BCUT2D eigenvalue weighted by atomic mass is 16.5. The van der Waals surface area contributed by atoms with Crippen molar-refractivity contribution < 1.29 is 4.52 Å². The predicted molar refractivity (Wildman–Crippen MR) is 87.6 cm³/mol. The molecule has 3 aromatic rings. The van der Waals surface area contributed by atoms with Crippen molar-refractivity contribution in [3.8, 4) is 11.3 Å². The van der Waals surface area contributed by atoms with Gasteiger partial charge in [-0.05, 0) is 31.9 Å². The van der Waals surface area contributed by atoms with Crippen LogP contribution in [0, 0.1) is 6.92 Å². The van der Waals surface area contributed by atoms with Crippen LogP contribution in [0.2, 0.25) is 0 Å². The van der Waals surface area contributed by atoms with Gasteiger partial charge >= 0.3 is 0 Å². The van der Waals surface area contributed by atoms with Crippen LogP contribution in [0.1, 0.15) is 35.9 Å². The fraction of sp³-hybridized carbons (Fsp3) is 0.333. The van der Waals surface area contributed by atoms with Crippen molar-refractivity contribution in [2.24, 2.45) is 0 Å². The molecule has 1 fully saturated rings. The first kappa shape index (κ1) is 14.2. The third-order valence-electron chi connectivity index (χ3n) is 4.51. The highest BCUT2D eigenvalue weighted by molar-refractivity contribution is 5.62. The van der Waals surface area contributed by atoms with Gasteiger partial charge in [-0.2, -0.15) is 5.10 Å². The average molecular weight is 308 g/mol. The molecule has 4 rings (SSSR count). The van der Waals surface area contributed by atoms with Gasteiger partial charge in [-0.1, -0.05) is 35.5 Å². The molecule has 1 saturated heterocycles. The van der Waals surface area contributed by atoms with Crippen LogP contribution < -0.4 is 0 Å². The number of aromatic amines is 1. The van der Waals surface area contributed by atoms with E-state index >= 15 is 0 Å². The van der Waals surface area contributed by atoms with E-state index in [9.17, 15) is 0 Å². The Labute approximate surface area is 135 Å². The van der Waals surface area contributed by atoms with Crippen molar-refractivity contribution in [3.05, 3.63) is 59.6 Å². The van der Waals surface area contributed by atoms with Gasteiger partial charge in [-0.15, -0.1) is 0 Å². The molecule has 5 heteroatoms. The Balaban J connectivity index is 1.58. The quantitative estimate of drug-likeness (QED) is 0.798. The number of aromatic nitrogens is 3. The van der Waals surface area contributed by atoms with Crippen LogP contribution in [0.25, 0.3) is 11.3 Å². The van der Waals surface area contributed by atoms with E-state index in [0.717, 1.165) is 36.7 Å². The van der Waals surface area contributed by atoms with E-state index in [-0.39, 0.29) is 0 Å². The molecule has 2 aromatic heterocycles. The number of hydrogen-bond donors (Lipinski definition) is 1. The summed E-state index contributed by atoms with van der Waals surface area (Å²) in [4.78, 5) is 2.47. The van der Waals surface area contributed by atoms with Crippen LogP contribution in [-0.2, 0) is 6.54 Å². The third-order valence-corrected chi connectivity index (χ3v) is 4.51. The molecule has 0 aliphatic carbocycles. The molecule has 3 heterocycles. The number of nitrogens with zero attached hydrogens (tertiary/aromatic N) is 3. The monoisotopic (exact) mass is 308 g/mol. The average Bonchev–Trinajstić information content (AvgIpc) is 3.29. The fourth-order valence-corrected chi connectivity index (χ4v) is 3.40. The maximum atomic E-state index is 5.26. The molecule has 0 spiro atoms. The smallest absolute Gasteiger partial charge is 0.133 e. The lowest BCUT2D eigenvalue weighted by molar-refractivity contribution is 0.237. The number of nitrogens with one attached hydrogen (secondary N) is 1. The highest BCUT2D eigenvalue weighted by Crippen LogP contribution is 2.34. The molecule has 1 aliphatic heterocycles. The molecule has 0 bridgehead atoms. The summed E-state index contributed by atoms with van der Waals surface area (Å²) in [5.41, 5.74) is 4.55. The van der Waals surface area contributed by atoms with Crippen LogP contribution >= 0.6 is 0 Å². The molecule has 5 nitrogen and oxygen atoms in total. The van der Waals surface area contributed by atoms with E-state index in [1.807, 2.05) is 19.2 Å². The lowest BCUT2D eigenvalue weighted by Crippen LogP contribution is -2.23. The molecule has 1 atom stereocenters. The zero-order valence-electron chi connectivity index (χ0n) is 13.2. The molecular weight excluding hydrogens is 288 g/mol. The molecule has 1 unspecified atom stereocenters. The maximum Gasteiger partial charge on any atom is 0.133 e. The summed E-state index contributed by atoms with van der Waals surface area (Å²) < 4.78 is 5.26. The lowest BCUT2D eigenvalue weighted by Gasteiger charge is -2.22. The van der Waals surface area contributed by atoms with Crippen molar-refractivity contribution in [1.82, 2.24) is 20.3 Å². The summed E-state index contributed by atoms with van der Waals surface area (Å²) in [5.74, 6) is 0.875. The number of hydrogen-bond acceptors (Lipinski definition) is 4. The van der Waals surface area contributed by atoms with Crippen LogP contribution in [0.4, 0.5) is 0 Å². The maximum absolute atomic E-state index is 5.26. The van der Waals surface area contributed by atoms with E-state index in [2.05, 4.69) is 50.6 Å². The first-order chi connectivity index (χ1) is 11.3. The summed E-state index contributed by atoms with van der Waals surface area (Å²) in [6.45, 7) is 3.90. The van der Waals surface area contributed by atoms with Crippen molar-refractivity contribution in [3.63, 3.8) is 0 Å². The van der Waals surface area contributed by atoms with Crippen LogP contribution in [0.15, 0.2) is 47.1 Å². The van der Waals surface area contributed by atoms with Crippen molar-refractivity contribution in [2.75, 3.05) is 6.54 Å². The van der Waals surface area contributed by atoms with E-state index < -0.39 is 0 Å². The minimum absolute atomic E-state index is 0.339. The minimum Gasteiger partial charge on any atom is -0.361 e. The lowest BCUT2D eigenvalue weighted by atomic mass is 10.1. The third kappa shape index (κ3) is 2.80. The summed E-state index contributed by atoms with van der Waals surface area (Å²) in [6.07, 6.45) is 4.26. The molecule has 23 heavy (non-hydrogen) atoms. The van der Waals surface area contributed by atoms with Gasteiger partial charge < -0.3 is 4.52 Å². The second-order valence-corrected chi connectivity index (χ2v) is 6.13. The Kier molecular flexibility index (Phi) is 3.71. The minimum atomic E-state index is 0.339. The summed E-state index contributed by atoms with van der Waals surface area (Å²) in [6, 6.07) is 12.7. The van der Waals surface area contributed by atoms with E-state index in [1.165, 1.54) is 17.5 Å². The van der Waals surface area contributed by atoms with Crippen LogP contribution in [0.5, 0.6) is 0 Å². The van der Waals surface area contributed by atoms with Crippen molar-refractivity contribution in [2.45, 2.75) is 32.4 Å². The van der Waals surface area contributed by atoms with Gasteiger partial charge in [-0.25, -0.2) is 0 Å². The van der Waals surface area contributed by atoms with E-state index in [1.54, 1.807) is 0 Å². The Morgan fingerprint density at radius 1 is 1.30 bits per heavy atom. The summed E-state index contributed by atoms with van der Waals surface area (Å²) in [5, 5.41) is 11.6. The fourth-order valence-electron chi connectivity index (χ4n) is 3.40. The standard InChI is InChI=1S/C18H20N4O/c1-13-10-16(21-23-13)17-8-5-9-22(17)12-15-11-19-20-18(15)14-6-3-2-4-7-14/h2-4,6-7,10-11,17H,5,8-9,12H2,1H3,(H,19,20). The van der Waals surface area contributed by atoms with E-state index in [0.29, 0.717) is 6.04 Å². The largest absolute Gasteiger partial charge is 0.361 e. The van der Waals surface area contributed by atoms with Gasteiger partial charge in [0.25, 0.3) is 0 Å². The van der Waals surface area contributed by atoms with Gasteiger partial charge in [0.05, 0.1) is 17.9 Å². The molecular formula is C18H20N4O. The van der Waals surface area contributed by atoms with Crippen LogP contribution in [0.3, 0.4) is 0 Å². The Bertz CT molecular complexity index is 777. The Hall–Kier alpha value is -2.40. The molecule has 1 aliphatic rings. The van der Waals surface area contributed by atoms with Crippen LogP contribution in [-0.4, -0.2) is 26.8 Å². The Morgan fingerprint density at radius 3 is 2.96 bits per heavy atom. The zero-order chi connectivity index (χ0) is 15.6. The second kappa shape index (κ2) is 6.01. The van der Waals surface area contributed by atoms with Crippen molar-refractivity contribution >= 4 is 0 Å². The molecule has 0 amide bonds. The predicted octanol–water partition coefficient (Wildman–Crippen LogP) is 3.71.